The van der Waals surface area contributed by atoms with Gasteiger partial charge in [0.05, 0.1) is 21.7 Å². The van der Waals surface area contributed by atoms with Gasteiger partial charge >= 0.3 is 0 Å². The van der Waals surface area contributed by atoms with E-state index in [9.17, 15) is 13.2 Å². The van der Waals surface area contributed by atoms with Crippen LogP contribution in [0.2, 0.25) is 0 Å². The van der Waals surface area contributed by atoms with Gasteiger partial charge in [0.15, 0.2) is 4.80 Å². The molecule has 0 atom stereocenters. The highest BCUT2D eigenvalue weighted by Gasteiger charge is 2.26. The largest absolute Gasteiger partial charge is 0.304 e. The number of piperidine rings is 1. The Kier molecular flexibility index (Phi) is 6.33. The molecule has 0 unspecified atom stereocenters. The van der Waals surface area contributed by atoms with Gasteiger partial charge in [-0.05, 0) is 68.1 Å². The second kappa shape index (κ2) is 9.02. The summed E-state index contributed by atoms with van der Waals surface area (Å²) in [4.78, 5) is 17.9. The van der Waals surface area contributed by atoms with Gasteiger partial charge in [-0.3, -0.25) is 4.79 Å². The summed E-state index contributed by atoms with van der Waals surface area (Å²) in [5, 5.41) is 0. The average molecular weight is 468 g/mol. The molecule has 0 radical (unpaired) electrons. The fraction of sp³-hybridized carbons (Fsp3) is 0.333. The molecule has 0 spiro atoms. The minimum atomic E-state index is -3.54. The van der Waals surface area contributed by atoms with Gasteiger partial charge < -0.3 is 4.57 Å². The molecule has 1 amide bonds. The normalized spacial score (nSPS) is 15.7. The molecule has 0 N–H and O–H groups in total. The maximum absolute atomic E-state index is 12.9. The van der Waals surface area contributed by atoms with Crippen LogP contribution < -0.4 is 4.80 Å². The first-order valence-corrected chi connectivity index (χ1v) is 12.8. The van der Waals surface area contributed by atoms with Gasteiger partial charge in [-0.25, -0.2) is 8.42 Å². The summed E-state index contributed by atoms with van der Waals surface area (Å²) in [6, 6.07) is 10.2. The smallest absolute Gasteiger partial charge is 0.279 e. The number of carbonyl (C=O) groups excluding carboxylic acids is 1. The van der Waals surface area contributed by atoms with Crippen LogP contribution in [0, 0.1) is 26.2 Å². The number of carbonyl (C=O) groups is 1. The maximum Gasteiger partial charge on any atom is 0.279 e. The molecular weight excluding hydrogens is 442 g/mol. The van der Waals surface area contributed by atoms with Gasteiger partial charge in [0.25, 0.3) is 5.91 Å². The van der Waals surface area contributed by atoms with Gasteiger partial charge in [-0.1, -0.05) is 29.7 Å². The first kappa shape index (κ1) is 22.5. The zero-order chi connectivity index (χ0) is 22.9. The van der Waals surface area contributed by atoms with Crippen molar-refractivity contribution in [3.63, 3.8) is 0 Å². The molecule has 1 fully saturated rings. The lowest BCUT2D eigenvalue weighted by Crippen LogP contribution is -2.35. The van der Waals surface area contributed by atoms with Crippen molar-refractivity contribution in [2.45, 2.75) is 44.6 Å². The Bertz CT molecular complexity index is 1390. The number of aromatic nitrogens is 1. The molecule has 0 aliphatic carbocycles. The van der Waals surface area contributed by atoms with Crippen molar-refractivity contribution in [3.05, 3.63) is 57.9 Å². The summed E-state index contributed by atoms with van der Waals surface area (Å²) in [6.07, 6.45) is 8.37. The van der Waals surface area contributed by atoms with Gasteiger partial charge in [0, 0.05) is 18.7 Å². The molecule has 0 saturated carbocycles. The summed E-state index contributed by atoms with van der Waals surface area (Å²) in [7, 11) is -3.54. The van der Waals surface area contributed by atoms with Crippen LogP contribution in [0.5, 0.6) is 0 Å². The van der Waals surface area contributed by atoms with E-state index in [1.807, 2.05) is 18.4 Å². The summed E-state index contributed by atoms with van der Waals surface area (Å²) in [5.74, 6) is 2.21. The van der Waals surface area contributed by atoms with E-state index in [0.717, 1.165) is 40.6 Å². The quantitative estimate of drug-likeness (QED) is 0.547. The van der Waals surface area contributed by atoms with Crippen molar-refractivity contribution < 1.29 is 13.2 Å². The maximum atomic E-state index is 12.9. The number of terminal acetylenes is 1. The number of fused-ring (bicyclic) bond motifs is 1. The van der Waals surface area contributed by atoms with Gasteiger partial charge in [-0.15, -0.1) is 6.42 Å². The fourth-order valence-electron chi connectivity index (χ4n) is 4.09. The van der Waals surface area contributed by atoms with Gasteiger partial charge in [0.2, 0.25) is 10.0 Å². The van der Waals surface area contributed by atoms with E-state index in [1.54, 1.807) is 0 Å². The molecule has 32 heavy (non-hydrogen) atoms. The second-order valence-corrected chi connectivity index (χ2v) is 11.0. The number of amides is 1. The van der Waals surface area contributed by atoms with Crippen LogP contribution in [0.1, 0.15) is 40.7 Å². The zero-order valence-electron chi connectivity index (χ0n) is 18.2. The third kappa shape index (κ3) is 4.29. The second-order valence-electron chi connectivity index (χ2n) is 8.01. The summed E-state index contributed by atoms with van der Waals surface area (Å²) >= 11 is 1.42. The highest BCUT2D eigenvalue weighted by atomic mass is 32.2. The Morgan fingerprint density at radius 1 is 1.12 bits per heavy atom. The molecule has 8 heteroatoms. The first-order valence-electron chi connectivity index (χ1n) is 10.5. The Balaban J connectivity index is 1.68. The Hall–Kier alpha value is -2.73. The van der Waals surface area contributed by atoms with E-state index >= 15 is 0 Å². The van der Waals surface area contributed by atoms with E-state index in [0.29, 0.717) is 30.0 Å². The van der Waals surface area contributed by atoms with Crippen LogP contribution in [0.3, 0.4) is 0 Å². The van der Waals surface area contributed by atoms with Crippen LogP contribution in [0.15, 0.2) is 46.3 Å². The van der Waals surface area contributed by atoms with Crippen molar-refractivity contribution in [3.8, 4) is 12.3 Å². The molecule has 4 rings (SSSR count). The monoisotopic (exact) mass is 467 g/mol. The fourth-order valence-corrected chi connectivity index (χ4v) is 6.81. The first-order chi connectivity index (χ1) is 15.3. The predicted molar refractivity (Wildman–Crippen MR) is 127 cm³/mol. The van der Waals surface area contributed by atoms with Crippen molar-refractivity contribution in [1.29, 1.82) is 0 Å². The van der Waals surface area contributed by atoms with Crippen molar-refractivity contribution in [1.82, 2.24) is 8.87 Å². The number of sulfonamides is 1. The molecule has 2 heterocycles. The zero-order valence-corrected chi connectivity index (χ0v) is 19.8. The number of rotatable bonds is 4. The molecule has 6 nitrogen and oxygen atoms in total. The number of aryl methyl sites for hydroxylation is 2. The number of thiazole rings is 1. The molecule has 2 aromatic carbocycles. The van der Waals surface area contributed by atoms with E-state index in [2.05, 4.69) is 23.0 Å². The lowest BCUT2D eigenvalue weighted by atomic mass is 10.1. The predicted octanol–water partition coefficient (Wildman–Crippen LogP) is 3.87. The third-order valence-electron chi connectivity index (χ3n) is 5.61. The van der Waals surface area contributed by atoms with Gasteiger partial charge in [0.1, 0.15) is 0 Å². The number of hydrogen-bond acceptors (Lipinski definition) is 4. The molecule has 166 valence electrons. The highest BCUT2D eigenvalue weighted by molar-refractivity contribution is 7.89. The minimum Gasteiger partial charge on any atom is -0.304 e. The minimum absolute atomic E-state index is 0.200. The van der Waals surface area contributed by atoms with E-state index in [-0.39, 0.29) is 4.90 Å². The molecule has 0 bridgehead atoms. The summed E-state index contributed by atoms with van der Waals surface area (Å²) in [5.41, 5.74) is 3.52. The van der Waals surface area contributed by atoms with Crippen molar-refractivity contribution >= 4 is 37.5 Å². The van der Waals surface area contributed by atoms with Crippen LogP contribution in [-0.2, 0) is 16.6 Å². The SMILES string of the molecule is C#CCn1c(=NC(=O)c2ccc(S(=O)(=O)N3CCCCC3)cc2)sc2cc(C)cc(C)c21. The number of benzene rings is 2. The molecular formula is C24H25N3O3S2. The molecule has 1 aromatic heterocycles. The van der Waals surface area contributed by atoms with Crippen LogP contribution in [0.25, 0.3) is 10.2 Å². The molecule has 3 aromatic rings. The highest BCUT2D eigenvalue weighted by Crippen LogP contribution is 2.24. The third-order valence-corrected chi connectivity index (χ3v) is 8.55. The lowest BCUT2D eigenvalue weighted by Gasteiger charge is -2.25. The van der Waals surface area contributed by atoms with Crippen molar-refractivity contribution in [2.24, 2.45) is 4.99 Å². The van der Waals surface area contributed by atoms with Crippen LogP contribution >= 0.6 is 11.3 Å². The topological polar surface area (TPSA) is 71.7 Å². The summed E-state index contributed by atoms with van der Waals surface area (Å²) in [6.45, 7) is 5.43. The van der Waals surface area contributed by atoms with E-state index in [1.165, 1.54) is 39.9 Å². The average Bonchev–Trinajstić information content (AvgIpc) is 3.11. The Morgan fingerprint density at radius 2 is 1.81 bits per heavy atom. The van der Waals surface area contributed by atoms with E-state index in [4.69, 9.17) is 6.42 Å². The standard InChI is InChI=1S/C24H25N3O3S2/c1-4-12-27-22-18(3)15-17(2)16-21(22)31-24(27)25-23(28)19-8-10-20(11-9-19)32(29,30)26-13-6-5-7-14-26/h1,8-11,15-16H,5-7,12-14H2,2-3H3. The number of nitrogens with zero attached hydrogens (tertiary/aromatic N) is 3. The lowest BCUT2D eigenvalue weighted by molar-refractivity contribution is 0.0998. The van der Waals surface area contributed by atoms with Gasteiger partial charge in [-0.2, -0.15) is 9.30 Å². The van der Waals surface area contributed by atoms with E-state index < -0.39 is 15.9 Å². The van der Waals surface area contributed by atoms with Crippen molar-refractivity contribution in [2.75, 3.05) is 13.1 Å². The molecule has 1 saturated heterocycles. The Labute approximate surface area is 192 Å². The molecule has 1 aliphatic rings. The summed E-state index contributed by atoms with van der Waals surface area (Å²) < 4.78 is 30.1. The number of hydrogen-bond donors (Lipinski definition) is 0. The molecule has 1 aliphatic heterocycles. The van der Waals surface area contributed by atoms with Crippen LogP contribution in [0.4, 0.5) is 0 Å². The van der Waals surface area contributed by atoms with Crippen LogP contribution in [-0.4, -0.2) is 36.3 Å². The Morgan fingerprint density at radius 3 is 2.47 bits per heavy atom.